The molecule has 1 amide bonds. The maximum absolute atomic E-state index is 14.1. The Balaban J connectivity index is 1.75. The number of aromatic nitrogens is 1. The monoisotopic (exact) mass is 374 g/mol. The highest BCUT2D eigenvalue weighted by atomic mass is 35.5. The predicted octanol–water partition coefficient (Wildman–Crippen LogP) is 4.13. The Morgan fingerprint density at radius 3 is 2.73 bits per heavy atom. The Labute approximate surface area is 156 Å². The van der Waals surface area contributed by atoms with Crippen LogP contribution in [0.4, 0.5) is 4.39 Å². The van der Waals surface area contributed by atoms with E-state index in [1.54, 1.807) is 0 Å². The van der Waals surface area contributed by atoms with Crippen LogP contribution in [0.1, 0.15) is 18.1 Å². The van der Waals surface area contributed by atoms with Gasteiger partial charge >= 0.3 is 0 Å². The van der Waals surface area contributed by atoms with Gasteiger partial charge in [0, 0.05) is 36.6 Å². The second kappa shape index (κ2) is 8.34. The van der Waals surface area contributed by atoms with Gasteiger partial charge in [-0.25, -0.2) is 4.39 Å². The van der Waals surface area contributed by atoms with Crippen molar-refractivity contribution in [1.29, 1.82) is 0 Å². The highest BCUT2D eigenvalue weighted by Crippen LogP contribution is 2.24. The molecule has 0 fully saturated rings. The van der Waals surface area contributed by atoms with Crippen LogP contribution < -0.4 is 5.32 Å². The topological polar surface area (TPSA) is 43.3 Å². The van der Waals surface area contributed by atoms with Crippen molar-refractivity contribution in [3.63, 3.8) is 0 Å². The molecule has 0 unspecified atom stereocenters. The van der Waals surface area contributed by atoms with Gasteiger partial charge < -0.3 is 14.6 Å². The quantitative estimate of drug-likeness (QED) is 0.632. The third-order valence-corrected chi connectivity index (χ3v) is 4.34. The van der Waals surface area contributed by atoms with Crippen molar-refractivity contribution < 1.29 is 13.9 Å². The number of nitrogens with zero attached hydrogens (tertiary/aromatic N) is 1. The normalized spacial score (nSPS) is 11.0. The molecule has 0 saturated heterocycles. The number of carbonyl (C=O) groups excluding carboxylic acids is 1. The van der Waals surface area contributed by atoms with Crippen molar-refractivity contribution in [3.05, 3.63) is 70.6 Å². The second-order valence-electron chi connectivity index (χ2n) is 6.10. The summed E-state index contributed by atoms with van der Waals surface area (Å²) in [6, 6.07) is 12.6. The van der Waals surface area contributed by atoms with Crippen molar-refractivity contribution in [2.75, 3.05) is 13.2 Å². The zero-order valence-electron chi connectivity index (χ0n) is 14.5. The highest BCUT2D eigenvalue weighted by Gasteiger charge is 2.09. The van der Waals surface area contributed by atoms with Crippen LogP contribution in [0.3, 0.4) is 0 Å². The van der Waals surface area contributed by atoms with E-state index in [2.05, 4.69) is 5.32 Å². The summed E-state index contributed by atoms with van der Waals surface area (Å²) in [4.78, 5) is 10.8. The van der Waals surface area contributed by atoms with E-state index in [0.717, 1.165) is 22.0 Å². The molecule has 1 N–H and O–H groups in total. The van der Waals surface area contributed by atoms with Crippen LogP contribution in [-0.4, -0.2) is 23.6 Å². The third kappa shape index (κ3) is 4.62. The fourth-order valence-corrected chi connectivity index (χ4v) is 2.98. The van der Waals surface area contributed by atoms with Gasteiger partial charge in [-0.1, -0.05) is 23.7 Å². The molecule has 0 aliphatic carbocycles. The lowest BCUT2D eigenvalue weighted by molar-refractivity contribution is -0.119. The Morgan fingerprint density at radius 1 is 1.23 bits per heavy atom. The summed E-state index contributed by atoms with van der Waals surface area (Å²) in [5.41, 5.74) is 2.70. The Bertz CT molecular complexity index is 906. The van der Waals surface area contributed by atoms with Crippen LogP contribution >= 0.6 is 11.6 Å². The maximum Gasteiger partial charge on any atom is 0.216 e. The van der Waals surface area contributed by atoms with Gasteiger partial charge in [-0.2, -0.15) is 0 Å². The van der Waals surface area contributed by atoms with Crippen LogP contribution in [0, 0.1) is 5.82 Å². The lowest BCUT2D eigenvalue weighted by atomic mass is 10.1. The van der Waals surface area contributed by atoms with Gasteiger partial charge in [0.2, 0.25) is 5.91 Å². The minimum Gasteiger partial charge on any atom is -0.375 e. The fraction of sp³-hybridized carbons (Fsp3) is 0.250. The molecule has 3 aromatic rings. The summed E-state index contributed by atoms with van der Waals surface area (Å²) in [6.07, 6.45) is 1.94. The zero-order chi connectivity index (χ0) is 18.5. The van der Waals surface area contributed by atoms with E-state index in [1.807, 2.05) is 41.1 Å². The van der Waals surface area contributed by atoms with Crippen LogP contribution in [-0.2, 0) is 22.7 Å². The van der Waals surface area contributed by atoms with Gasteiger partial charge in [0.1, 0.15) is 5.82 Å². The minimum absolute atomic E-state index is 0.0963. The molecule has 0 atom stereocenters. The van der Waals surface area contributed by atoms with Gasteiger partial charge in [0.25, 0.3) is 0 Å². The van der Waals surface area contributed by atoms with Gasteiger partial charge in [0.15, 0.2) is 0 Å². The Hall–Kier alpha value is -2.37. The Kier molecular flexibility index (Phi) is 5.91. The molecule has 4 nitrogen and oxygen atoms in total. The summed E-state index contributed by atoms with van der Waals surface area (Å²) < 4.78 is 21.7. The maximum atomic E-state index is 14.1. The molecular weight excluding hydrogens is 355 g/mol. The molecule has 0 aliphatic heterocycles. The van der Waals surface area contributed by atoms with E-state index >= 15 is 0 Å². The van der Waals surface area contributed by atoms with Crippen LogP contribution in [0.15, 0.2) is 48.7 Å². The third-order valence-electron chi connectivity index (χ3n) is 4.08. The first-order valence-corrected chi connectivity index (χ1v) is 8.74. The number of amides is 1. The van der Waals surface area contributed by atoms with Crippen LogP contribution in [0.25, 0.3) is 10.9 Å². The first-order chi connectivity index (χ1) is 12.5. The number of fused-ring (bicyclic) bond motifs is 1. The molecule has 2 aromatic carbocycles. The summed E-state index contributed by atoms with van der Waals surface area (Å²) in [7, 11) is 0. The summed E-state index contributed by atoms with van der Waals surface area (Å²) in [5, 5.41) is 4.31. The van der Waals surface area contributed by atoms with Gasteiger partial charge in [-0.15, -0.1) is 0 Å². The van der Waals surface area contributed by atoms with E-state index in [1.165, 1.54) is 19.1 Å². The number of rotatable bonds is 7. The van der Waals surface area contributed by atoms with E-state index < -0.39 is 0 Å². The van der Waals surface area contributed by atoms with Crippen LogP contribution in [0.2, 0.25) is 5.02 Å². The molecule has 136 valence electrons. The minimum atomic E-state index is -0.297. The van der Waals surface area contributed by atoms with Gasteiger partial charge in [-0.3, -0.25) is 4.79 Å². The van der Waals surface area contributed by atoms with Gasteiger partial charge in [-0.05, 0) is 41.5 Å². The smallest absolute Gasteiger partial charge is 0.216 e. The highest BCUT2D eigenvalue weighted by molar-refractivity contribution is 6.30. The number of nitrogens with one attached hydrogen (secondary N) is 1. The number of hydrogen-bond donors (Lipinski definition) is 1. The van der Waals surface area contributed by atoms with Crippen molar-refractivity contribution in [2.24, 2.45) is 0 Å². The second-order valence-corrected chi connectivity index (χ2v) is 6.54. The molecule has 0 spiro atoms. The largest absolute Gasteiger partial charge is 0.375 e. The molecule has 3 rings (SSSR count). The molecule has 0 saturated carbocycles. The number of ether oxygens (including phenoxy) is 1. The molecule has 26 heavy (non-hydrogen) atoms. The summed E-state index contributed by atoms with van der Waals surface area (Å²) >= 11 is 5.92. The zero-order valence-corrected chi connectivity index (χ0v) is 15.2. The average Bonchev–Trinajstić information content (AvgIpc) is 2.99. The van der Waals surface area contributed by atoms with E-state index in [4.69, 9.17) is 16.3 Å². The Morgan fingerprint density at radius 2 is 2.00 bits per heavy atom. The van der Waals surface area contributed by atoms with Crippen molar-refractivity contribution in [2.45, 2.75) is 20.1 Å². The summed E-state index contributed by atoms with van der Waals surface area (Å²) in [6.45, 7) is 3.19. The van der Waals surface area contributed by atoms with Crippen molar-refractivity contribution >= 4 is 28.4 Å². The number of benzene rings is 2. The lowest BCUT2D eigenvalue weighted by Gasteiger charge is -2.09. The molecule has 0 bridgehead atoms. The van der Waals surface area contributed by atoms with Crippen molar-refractivity contribution in [3.8, 4) is 0 Å². The van der Waals surface area contributed by atoms with E-state index in [9.17, 15) is 9.18 Å². The standard InChI is InChI=1S/C20H20ClFN2O2/c1-14(25)23-7-9-26-13-16-10-18(22)11-20-19(16)6-8-24(20)12-15-2-4-17(21)5-3-15/h2-6,8,10-11H,7,9,12-13H2,1H3,(H,23,25). The van der Waals surface area contributed by atoms with E-state index in [0.29, 0.717) is 31.3 Å². The van der Waals surface area contributed by atoms with Crippen LogP contribution in [0.5, 0.6) is 0 Å². The SMILES string of the molecule is CC(=O)NCCOCc1cc(F)cc2c1ccn2Cc1ccc(Cl)cc1. The molecule has 6 heteroatoms. The average molecular weight is 375 g/mol. The number of carbonyl (C=O) groups is 1. The molecule has 0 radical (unpaired) electrons. The fourth-order valence-electron chi connectivity index (χ4n) is 2.86. The first-order valence-electron chi connectivity index (χ1n) is 8.37. The van der Waals surface area contributed by atoms with Gasteiger partial charge in [0.05, 0.1) is 18.7 Å². The summed E-state index contributed by atoms with van der Waals surface area (Å²) in [5.74, 6) is -0.393. The molecule has 1 heterocycles. The van der Waals surface area contributed by atoms with E-state index in [-0.39, 0.29) is 11.7 Å². The van der Waals surface area contributed by atoms with Crippen molar-refractivity contribution in [1.82, 2.24) is 9.88 Å². The molecule has 0 aliphatic rings. The number of halogens is 2. The lowest BCUT2D eigenvalue weighted by Crippen LogP contribution is -2.24. The predicted molar refractivity (Wildman–Crippen MR) is 101 cm³/mol. The number of hydrogen-bond acceptors (Lipinski definition) is 2. The first kappa shape index (κ1) is 18.4. The molecule has 1 aromatic heterocycles. The molecular formula is C20H20ClFN2O2.